The van der Waals surface area contributed by atoms with Crippen molar-refractivity contribution in [1.82, 2.24) is 10.2 Å². The minimum absolute atomic E-state index is 0.241. The van der Waals surface area contributed by atoms with Crippen LogP contribution in [0.25, 0.3) is 0 Å². The Kier molecular flexibility index (Phi) is 6.36. The molecule has 2 N–H and O–H groups in total. The Bertz CT molecular complexity index is 461. The fourth-order valence-electron chi connectivity index (χ4n) is 1.38. The van der Waals surface area contributed by atoms with Gasteiger partial charge in [0.2, 0.25) is 0 Å². The van der Waals surface area contributed by atoms with Crippen LogP contribution in [0.1, 0.15) is 19.8 Å². The van der Waals surface area contributed by atoms with Crippen molar-refractivity contribution in [3.63, 3.8) is 0 Å². The Hall–Kier alpha value is -2.24. The fourth-order valence-corrected chi connectivity index (χ4v) is 1.38. The molecule has 0 aromatic heterocycles. The molecule has 6 heteroatoms. The molecule has 110 valence electrons. The number of nitrogens with zero attached hydrogens (tertiary/aromatic N) is 1. The molecule has 1 aromatic carbocycles. The standard InChI is InChI=1S/C14H21N3O3/c1-4-5-9-15-14(19)20-12-8-6-7-11(10-12)16-13(18)17(2)3/h6-8,10H,4-5,9H2,1-3H3,(H,15,19)(H,16,18). The number of benzene rings is 1. The average molecular weight is 279 g/mol. The first-order chi connectivity index (χ1) is 9.52. The van der Waals surface area contributed by atoms with Crippen molar-refractivity contribution in [2.45, 2.75) is 19.8 Å². The van der Waals surface area contributed by atoms with Crippen LogP contribution in [-0.2, 0) is 0 Å². The van der Waals surface area contributed by atoms with Crippen molar-refractivity contribution >= 4 is 17.8 Å². The summed E-state index contributed by atoms with van der Waals surface area (Å²) in [6.07, 6.45) is 1.43. The number of carbonyl (C=O) groups excluding carboxylic acids is 2. The van der Waals surface area contributed by atoms with Crippen LogP contribution in [0, 0.1) is 0 Å². The number of ether oxygens (including phenoxy) is 1. The van der Waals surface area contributed by atoms with Gasteiger partial charge in [-0.3, -0.25) is 0 Å². The van der Waals surface area contributed by atoms with Gasteiger partial charge in [0, 0.05) is 32.4 Å². The maximum Gasteiger partial charge on any atom is 0.412 e. The average Bonchev–Trinajstić information content (AvgIpc) is 2.39. The Morgan fingerprint density at radius 1 is 1.30 bits per heavy atom. The van der Waals surface area contributed by atoms with Crippen LogP contribution in [0.3, 0.4) is 0 Å². The molecule has 1 aromatic rings. The molecule has 1 rings (SSSR count). The number of anilines is 1. The van der Waals surface area contributed by atoms with Crippen LogP contribution in [0.15, 0.2) is 24.3 Å². The van der Waals surface area contributed by atoms with Crippen molar-refractivity contribution in [1.29, 1.82) is 0 Å². The number of hydrogen-bond acceptors (Lipinski definition) is 3. The first kappa shape index (κ1) is 15.8. The fraction of sp³-hybridized carbons (Fsp3) is 0.429. The lowest BCUT2D eigenvalue weighted by atomic mass is 10.3. The third kappa shape index (κ3) is 5.60. The van der Waals surface area contributed by atoms with Gasteiger partial charge in [-0.05, 0) is 18.6 Å². The number of hydrogen-bond donors (Lipinski definition) is 2. The van der Waals surface area contributed by atoms with Crippen LogP contribution in [-0.4, -0.2) is 37.7 Å². The van der Waals surface area contributed by atoms with E-state index in [4.69, 9.17) is 4.74 Å². The first-order valence-corrected chi connectivity index (χ1v) is 6.57. The Morgan fingerprint density at radius 2 is 2.05 bits per heavy atom. The quantitative estimate of drug-likeness (QED) is 0.814. The number of amides is 3. The third-order valence-corrected chi connectivity index (χ3v) is 2.50. The molecule has 6 nitrogen and oxygen atoms in total. The summed E-state index contributed by atoms with van der Waals surface area (Å²) in [4.78, 5) is 24.4. The molecule has 0 fully saturated rings. The van der Waals surface area contributed by atoms with Gasteiger partial charge in [-0.15, -0.1) is 0 Å². The van der Waals surface area contributed by atoms with Crippen LogP contribution >= 0.6 is 0 Å². The summed E-state index contributed by atoms with van der Waals surface area (Å²) in [7, 11) is 3.30. The Morgan fingerprint density at radius 3 is 2.70 bits per heavy atom. The van der Waals surface area contributed by atoms with Gasteiger partial charge >= 0.3 is 12.1 Å². The van der Waals surface area contributed by atoms with Gasteiger partial charge in [0.25, 0.3) is 0 Å². The van der Waals surface area contributed by atoms with Gasteiger partial charge in [-0.25, -0.2) is 9.59 Å². The minimum atomic E-state index is -0.491. The van der Waals surface area contributed by atoms with E-state index in [1.54, 1.807) is 38.4 Å². The summed E-state index contributed by atoms with van der Waals surface area (Å²) < 4.78 is 5.13. The summed E-state index contributed by atoms with van der Waals surface area (Å²) in [6, 6.07) is 6.45. The van der Waals surface area contributed by atoms with E-state index in [1.807, 2.05) is 6.92 Å². The molecule has 0 heterocycles. The van der Waals surface area contributed by atoms with E-state index in [9.17, 15) is 9.59 Å². The lowest BCUT2D eigenvalue weighted by Crippen LogP contribution is -2.28. The highest BCUT2D eigenvalue weighted by molar-refractivity contribution is 5.89. The molecule has 0 saturated carbocycles. The molecule has 0 bridgehead atoms. The summed E-state index contributed by atoms with van der Waals surface area (Å²) in [5.41, 5.74) is 0.572. The highest BCUT2D eigenvalue weighted by atomic mass is 16.6. The predicted molar refractivity (Wildman–Crippen MR) is 78.1 cm³/mol. The molecule has 0 aliphatic carbocycles. The van der Waals surface area contributed by atoms with Gasteiger partial charge in [0.15, 0.2) is 0 Å². The monoisotopic (exact) mass is 279 g/mol. The van der Waals surface area contributed by atoms with Gasteiger partial charge in [0.1, 0.15) is 5.75 Å². The SMILES string of the molecule is CCCCNC(=O)Oc1cccc(NC(=O)N(C)C)c1. The van der Waals surface area contributed by atoms with Crippen molar-refractivity contribution in [2.75, 3.05) is 26.0 Å². The van der Waals surface area contributed by atoms with Gasteiger partial charge in [-0.2, -0.15) is 0 Å². The van der Waals surface area contributed by atoms with Crippen LogP contribution in [0.4, 0.5) is 15.3 Å². The molecule has 0 radical (unpaired) electrons. The minimum Gasteiger partial charge on any atom is -0.410 e. The number of carbonyl (C=O) groups is 2. The molecule has 0 saturated heterocycles. The van der Waals surface area contributed by atoms with E-state index in [2.05, 4.69) is 10.6 Å². The van der Waals surface area contributed by atoms with E-state index in [0.717, 1.165) is 12.8 Å². The van der Waals surface area contributed by atoms with E-state index in [1.165, 1.54) is 4.90 Å². The zero-order valence-corrected chi connectivity index (χ0v) is 12.1. The molecule has 0 spiro atoms. The first-order valence-electron chi connectivity index (χ1n) is 6.57. The largest absolute Gasteiger partial charge is 0.412 e. The normalized spacial score (nSPS) is 9.75. The summed E-state index contributed by atoms with van der Waals surface area (Å²) >= 11 is 0. The second kappa shape index (κ2) is 8.04. The molecule has 0 atom stereocenters. The van der Waals surface area contributed by atoms with Crippen molar-refractivity contribution in [3.8, 4) is 5.75 Å². The lowest BCUT2D eigenvalue weighted by molar-refractivity contribution is 0.200. The van der Waals surface area contributed by atoms with Gasteiger partial charge in [0.05, 0.1) is 0 Å². The second-order valence-electron chi connectivity index (χ2n) is 4.52. The number of unbranched alkanes of at least 4 members (excludes halogenated alkanes) is 1. The Balaban J connectivity index is 2.55. The third-order valence-electron chi connectivity index (χ3n) is 2.50. The van der Waals surface area contributed by atoms with Gasteiger partial charge in [-0.1, -0.05) is 19.4 Å². The molecule has 0 aliphatic rings. The Labute approximate surface area is 119 Å². The predicted octanol–water partition coefficient (Wildman–Crippen LogP) is 2.67. The van der Waals surface area contributed by atoms with E-state index >= 15 is 0 Å². The summed E-state index contributed by atoms with van der Waals surface area (Å²) in [6.45, 7) is 2.64. The van der Waals surface area contributed by atoms with Crippen molar-refractivity contribution in [2.24, 2.45) is 0 Å². The second-order valence-corrected chi connectivity index (χ2v) is 4.52. The van der Waals surface area contributed by atoms with E-state index in [0.29, 0.717) is 18.0 Å². The highest BCUT2D eigenvalue weighted by Crippen LogP contribution is 2.17. The topological polar surface area (TPSA) is 70.7 Å². The molecular formula is C14H21N3O3. The van der Waals surface area contributed by atoms with E-state index < -0.39 is 6.09 Å². The van der Waals surface area contributed by atoms with E-state index in [-0.39, 0.29) is 6.03 Å². The molecule has 0 unspecified atom stereocenters. The lowest BCUT2D eigenvalue weighted by Gasteiger charge is -2.12. The summed E-state index contributed by atoms with van der Waals surface area (Å²) in [5.74, 6) is 0.385. The number of rotatable bonds is 5. The maximum atomic E-state index is 11.5. The molecule has 3 amide bonds. The molecule has 0 aliphatic heterocycles. The highest BCUT2D eigenvalue weighted by Gasteiger charge is 2.07. The van der Waals surface area contributed by atoms with Crippen LogP contribution in [0.5, 0.6) is 5.75 Å². The smallest absolute Gasteiger partial charge is 0.410 e. The molecular weight excluding hydrogens is 258 g/mol. The van der Waals surface area contributed by atoms with Crippen molar-refractivity contribution < 1.29 is 14.3 Å². The van der Waals surface area contributed by atoms with Crippen molar-refractivity contribution in [3.05, 3.63) is 24.3 Å². The molecule has 20 heavy (non-hydrogen) atoms. The summed E-state index contributed by atoms with van der Waals surface area (Å²) in [5, 5.41) is 5.34. The zero-order valence-electron chi connectivity index (χ0n) is 12.1. The van der Waals surface area contributed by atoms with Gasteiger partial charge < -0.3 is 20.3 Å². The zero-order chi connectivity index (χ0) is 15.0. The van der Waals surface area contributed by atoms with Crippen LogP contribution < -0.4 is 15.4 Å². The maximum absolute atomic E-state index is 11.5. The number of urea groups is 1. The van der Waals surface area contributed by atoms with Crippen LogP contribution in [0.2, 0.25) is 0 Å². The number of nitrogens with one attached hydrogen (secondary N) is 2.